The number of hydrogen-bond acceptors (Lipinski definition) is 4. The summed E-state index contributed by atoms with van der Waals surface area (Å²) in [4.78, 5) is 14.0. The number of aryl methyl sites for hydroxylation is 1. The fraction of sp³-hybridized carbons (Fsp3) is 0.286. The standard InChI is InChI=1S/C21H22ClNO3S/c1-21(2,3)26-20(25)19-16-11-14(24)7-10-17(16)23(4)18(19)12-27-15-8-5-13(22)6-9-15/h5-11,24H,12H2,1-4H3. The van der Waals surface area contributed by atoms with Crippen LogP contribution in [0, 0.1) is 0 Å². The minimum Gasteiger partial charge on any atom is -0.508 e. The molecule has 1 heterocycles. The van der Waals surface area contributed by atoms with Crippen molar-refractivity contribution >= 4 is 40.2 Å². The van der Waals surface area contributed by atoms with Gasteiger partial charge in [0.1, 0.15) is 11.4 Å². The van der Waals surface area contributed by atoms with Gasteiger partial charge >= 0.3 is 5.97 Å². The van der Waals surface area contributed by atoms with E-state index in [0.29, 0.717) is 21.7 Å². The number of benzene rings is 2. The van der Waals surface area contributed by atoms with Crippen molar-refractivity contribution < 1.29 is 14.6 Å². The maximum absolute atomic E-state index is 12.9. The number of fused-ring (bicyclic) bond motifs is 1. The molecule has 0 spiro atoms. The number of aromatic nitrogens is 1. The first-order valence-electron chi connectivity index (χ1n) is 8.58. The normalized spacial score (nSPS) is 11.7. The van der Waals surface area contributed by atoms with Gasteiger partial charge in [-0.3, -0.25) is 0 Å². The van der Waals surface area contributed by atoms with Gasteiger partial charge in [-0.15, -0.1) is 11.8 Å². The molecule has 2 aromatic carbocycles. The Morgan fingerprint density at radius 1 is 1.19 bits per heavy atom. The summed E-state index contributed by atoms with van der Waals surface area (Å²) in [6.07, 6.45) is 0. The summed E-state index contributed by atoms with van der Waals surface area (Å²) in [5.74, 6) is 0.322. The summed E-state index contributed by atoms with van der Waals surface area (Å²) in [6, 6.07) is 12.6. The Morgan fingerprint density at radius 3 is 2.48 bits per heavy atom. The number of aromatic hydroxyl groups is 1. The van der Waals surface area contributed by atoms with E-state index in [0.717, 1.165) is 16.1 Å². The predicted octanol–water partition coefficient (Wildman–Crippen LogP) is 5.78. The number of carbonyl (C=O) groups excluding carboxylic acids is 1. The van der Waals surface area contributed by atoms with Crippen LogP contribution in [0.15, 0.2) is 47.4 Å². The number of nitrogens with zero attached hydrogens (tertiary/aromatic N) is 1. The smallest absolute Gasteiger partial charge is 0.341 e. The predicted molar refractivity (Wildman–Crippen MR) is 111 cm³/mol. The Balaban J connectivity index is 2.04. The van der Waals surface area contributed by atoms with Crippen LogP contribution in [0.2, 0.25) is 5.02 Å². The number of phenolic OH excluding ortho intramolecular Hbond substituents is 1. The minimum atomic E-state index is -0.601. The molecule has 1 N–H and O–H groups in total. The van der Waals surface area contributed by atoms with Gasteiger partial charge in [0.15, 0.2) is 0 Å². The van der Waals surface area contributed by atoms with E-state index in [-0.39, 0.29) is 11.7 Å². The number of halogens is 1. The Labute approximate surface area is 168 Å². The summed E-state index contributed by atoms with van der Waals surface area (Å²) in [7, 11) is 1.92. The lowest BCUT2D eigenvalue weighted by Crippen LogP contribution is -2.24. The second-order valence-electron chi connectivity index (χ2n) is 7.33. The topological polar surface area (TPSA) is 51.5 Å². The Morgan fingerprint density at radius 2 is 1.85 bits per heavy atom. The summed E-state index contributed by atoms with van der Waals surface area (Å²) in [5.41, 5.74) is 1.63. The zero-order valence-electron chi connectivity index (χ0n) is 15.7. The van der Waals surface area contributed by atoms with E-state index in [1.165, 1.54) is 0 Å². The quantitative estimate of drug-likeness (QED) is 0.442. The van der Waals surface area contributed by atoms with Crippen LogP contribution < -0.4 is 0 Å². The number of ether oxygens (including phenoxy) is 1. The number of hydrogen-bond donors (Lipinski definition) is 1. The average Bonchev–Trinajstić information content (AvgIpc) is 2.84. The minimum absolute atomic E-state index is 0.120. The van der Waals surface area contributed by atoms with Crippen molar-refractivity contribution in [3.63, 3.8) is 0 Å². The maximum atomic E-state index is 12.9. The Hall–Kier alpha value is -2.11. The molecule has 4 nitrogen and oxygen atoms in total. The van der Waals surface area contributed by atoms with Crippen LogP contribution in [-0.4, -0.2) is 21.2 Å². The third kappa shape index (κ3) is 4.42. The maximum Gasteiger partial charge on any atom is 0.341 e. The number of rotatable bonds is 4. The molecule has 0 aliphatic rings. The van der Waals surface area contributed by atoms with Gasteiger partial charge in [-0.05, 0) is 63.2 Å². The summed E-state index contributed by atoms with van der Waals surface area (Å²) in [5, 5.41) is 11.3. The van der Waals surface area contributed by atoms with Gasteiger partial charge in [-0.2, -0.15) is 0 Å². The lowest BCUT2D eigenvalue weighted by molar-refractivity contribution is 0.00707. The fourth-order valence-corrected chi connectivity index (χ4v) is 3.99. The molecule has 27 heavy (non-hydrogen) atoms. The molecular formula is C21H22ClNO3S. The van der Waals surface area contributed by atoms with Crippen molar-refractivity contribution in [3.8, 4) is 5.75 Å². The van der Waals surface area contributed by atoms with Gasteiger partial charge in [-0.25, -0.2) is 4.79 Å². The molecule has 0 amide bonds. The fourth-order valence-electron chi connectivity index (χ4n) is 2.89. The number of esters is 1. The lowest BCUT2D eigenvalue weighted by atomic mass is 10.1. The first kappa shape index (κ1) is 19.6. The molecule has 0 atom stereocenters. The number of phenols is 1. The van der Waals surface area contributed by atoms with Crippen molar-refractivity contribution in [1.82, 2.24) is 4.57 Å². The highest BCUT2D eigenvalue weighted by Gasteiger charge is 2.26. The molecule has 0 aliphatic heterocycles. The van der Waals surface area contributed by atoms with Crippen LogP contribution in [0.4, 0.5) is 0 Å². The molecule has 1 aromatic heterocycles. The van der Waals surface area contributed by atoms with Crippen molar-refractivity contribution in [2.75, 3.05) is 0 Å². The van der Waals surface area contributed by atoms with Gasteiger partial charge in [-0.1, -0.05) is 11.6 Å². The van der Waals surface area contributed by atoms with E-state index < -0.39 is 5.60 Å². The van der Waals surface area contributed by atoms with E-state index in [4.69, 9.17) is 16.3 Å². The summed E-state index contributed by atoms with van der Waals surface area (Å²) in [6.45, 7) is 5.53. The number of thioether (sulfide) groups is 1. The van der Waals surface area contributed by atoms with Gasteiger partial charge in [0, 0.05) is 39.3 Å². The molecule has 3 aromatic rings. The molecule has 0 saturated carbocycles. The van der Waals surface area contributed by atoms with Gasteiger partial charge < -0.3 is 14.4 Å². The Bertz CT molecular complexity index is 987. The molecule has 0 unspecified atom stereocenters. The third-order valence-corrected chi connectivity index (χ3v) is 5.37. The average molecular weight is 404 g/mol. The van der Waals surface area contributed by atoms with Gasteiger partial charge in [0.2, 0.25) is 0 Å². The number of carbonyl (C=O) groups is 1. The largest absolute Gasteiger partial charge is 0.508 e. The molecular weight excluding hydrogens is 382 g/mol. The zero-order chi connectivity index (χ0) is 19.8. The van der Waals surface area contributed by atoms with Crippen LogP contribution >= 0.6 is 23.4 Å². The van der Waals surface area contributed by atoms with Crippen LogP contribution in [0.3, 0.4) is 0 Å². The summed E-state index contributed by atoms with van der Waals surface area (Å²) >= 11 is 7.57. The molecule has 3 rings (SSSR count). The third-order valence-electron chi connectivity index (χ3n) is 4.10. The van der Waals surface area contributed by atoms with Gasteiger partial charge in [0.05, 0.1) is 5.56 Å². The highest BCUT2D eigenvalue weighted by Crippen LogP contribution is 2.34. The van der Waals surface area contributed by atoms with E-state index in [1.807, 2.05) is 62.7 Å². The first-order chi connectivity index (χ1) is 12.7. The van der Waals surface area contributed by atoms with E-state index in [1.54, 1.807) is 23.9 Å². The van der Waals surface area contributed by atoms with Crippen LogP contribution in [0.25, 0.3) is 10.9 Å². The highest BCUT2D eigenvalue weighted by molar-refractivity contribution is 7.98. The molecule has 0 saturated heterocycles. The van der Waals surface area contributed by atoms with E-state index in [9.17, 15) is 9.90 Å². The highest BCUT2D eigenvalue weighted by atomic mass is 35.5. The van der Waals surface area contributed by atoms with E-state index in [2.05, 4.69) is 0 Å². The molecule has 0 aliphatic carbocycles. The molecule has 142 valence electrons. The van der Waals surface area contributed by atoms with Crippen LogP contribution in [0.5, 0.6) is 5.75 Å². The van der Waals surface area contributed by atoms with Crippen molar-refractivity contribution in [2.45, 2.75) is 37.0 Å². The summed E-state index contributed by atoms with van der Waals surface area (Å²) < 4.78 is 7.62. The van der Waals surface area contributed by atoms with Gasteiger partial charge in [0.25, 0.3) is 0 Å². The monoisotopic (exact) mass is 403 g/mol. The van der Waals surface area contributed by atoms with Crippen molar-refractivity contribution in [3.05, 3.63) is 58.7 Å². The second kappa shape index (κ2) is 7.49. The first-order valence-corrected chi connectivity index (χ1v) is 9.94. The molecule has 6 heteroatoms. The second-order valence-corrected chi connectivity index (χ2v) is 8.81. The molecule has 0 bridgehead atoms. The van der Waals surface area contributed by atoms with Crippen molar-refractivity contribution in [2.24, 2.45) is 7.05 Å². The Kier molecular flexibility index (Phi) is 5.45. The SMILES string of the molecule is Cn1c(CSc2ccc(Cl)cc2)c(C(=O)OC(C)(C)C)c2cc(O)ccc21. The van der Waals surface area contributed by atoms with Crippen LogP contribution in [0.1, 0.15) is 36.8 Å². The molecule has 0 fully saturated rings. The zero-order valence-corrected chi connectivity index (χ0v) is 17.3. The molecule has 0 radical (unpaired) electrons. The lowest BCUT2D eigenvalue weighted by Gasteiger charge is -2.20. The van der Waals surface area contributed by atoms with E-state index >= 15 is 0 Å². The van der Waals surface area contributed by atoms with Crippen LogP contribution in [-0.2, 0) is 17.5 Å². The van der Waals surface area contributed by atoms with Crippen molar-refractivity contribution in [1.29, 1.82) is 0 Å².